The number of aliphatic hydroxyl groups is 1. The number of likely N-dealkylation sites (N-methyl/N-ethyl adjacent to an activating group) is 1. The highest BCUT2D eigenvalue weighted by Crippen LogP contribution is 2.22. The smallest absolute Gasteiger partial charge is 0.159 e. The first-order valence-corrected chi connectivity index (χ1v) is 7.93. The van der Waals surface area contributed by atoms with Gasteiger partial charge < -0.3 is 10.4 Å². The van der Waals surface area contributed by atoms with E-state index in [4.69, 9.17) is 0 Å². The average Bonchev–Trinajstić information content (AvgIpc) is 2.42. The van der Waals surface area contributed by atoms with E-state index in [9.17, 15) is 13.9 Å². The third-order valence-electron chi connectivity index (χ3n) is 3.24. The zero-order valence-electron chi connectivity index (χ0n) is 12.1. The zero-order valence-corrected chi connectivity index (χ0v) is 12.9. The molecule has 20 heavy (non-hydrogen) atoms. The molecule has 0 radical (unpaired) electrons. The predicted molar refractivity (Wildman–Crippen MR) is 80.1 cm³/mol. The molecule has 1 rings (SSSR count). The summed E-state index contributed by atoms with van der Waals surface area (Å²) in [7, 11) is 0. The van der Waals surface area contributed by atoms with Crippen molar-refractivity contribution in [2.75, 3.05) is 18.9 Å². The van der Waals surface area contributed by atoms with Crippen molar-refractivity contribution in [3.05, 3.63) is 29.8 Å². The van der Waals surface area contributed by atoms with Crippen LogP contribution >= 0.6 is 11.8 Å². The lowest BCUT2D eigenvalue weighted by atomic mass is 9.96. The van der Waals surface area contributed by atoms with Gasteiger partial charge in [-0.25, -0.2) is 8.78 Å². The van der Waals surface area contributed by atoms with E-state index in [1.807, 2.05) is 13.8 Å². The van der Waals surface area contributed by atoms with Crippen LogP contribution in [-0.2, 0) is 0 Å². The van der Waals surface area contributed by atoms with E-state index >= 15 is 0 Å². The van der Waals surface area contributed by atoms with E-state index in [1.54, 1.807) is 6.07 Å². The van der Waals surface area contributed by atoms with Gasteiger partial charge in [-0.1, -0.05) is 13.3 Å². The zero-order chi connectivity index (χ0) is 15.0. The molecule has 114 valence electrons. The van der Waals surface area contributed by atoms with Crippen LogP contribution in [-0.4, -0.2) is 29.5 Å². The van der Waals surface area contributed by atoms with Crippen LogP contribution in [0, 0.1) is 11.6 Å². The Morgan fingerprint density at radius 3 is 2.60 bits per heavy atom. The number of aliphatic hydroxyl groups excluding tert-OH is 1. The lowest BCUT2D eigenvalue weighted by Gasteiger charge is -2.28. The lowest BCUT2D eigenvalue weighted by Crippen LogP contribution is -2.45. The number of hydrogen-bond donors (Lipinski definition) is 2. The van der Waals surface area contributed by atoms with Gasteiger partial charge >= 0.3 is 0 Å². The molecular formula is C15H23F2NOS. The highest BCUT2D eigenvalue weighted by molar-refractivity contribution is 7.99. The summed E-state index contributed by atoms with van der Waals surface area (Å²) in [6, 6.07) is 3.99. The average molecular weight is 303 g/mol. The normalized spacial score (nSPS) is 14.2. The molecule has 0 saturated heterocycles. The first-order chi connectivity index (χ1) is 9.50. The minimum Gasteiger partial charge on any atom is -0.394 e. The van der Waals surface area contributed by atoms with Crippen molar-refractivity contribution in [1.29, 1.82) is 0 Å². The van der Waals surface area contributed by atoms with Crippen LogP contribution < -0.4 is 5.32 Å². The molecule has 1 unspecified atom stereocenters. The molecule has 0 bridgehead atoms. The summed E-state index contributed by atoms with van der Waals surface area (Å²) >= 11 is 1.53. The predicted octanol–water partition coefficient (Wildman–Crippen LogP) is 3.59. The summed E-state index contributed by atoms with van der Waals surface area (Å²) < 4.78 is 25.8. The van der Waals surface area contributed by atoms with Crippen LogP contribution in [0.1, 0.15) is 33.1 Å². The molecule has 1 aromatic rings. The number of hydrogen-bond acceptors (Lipinski definition) is 3. The molecule has 0 aliphatic carbocycles. The second-order valence-electron chi connectivity index (χ2n) is 5.13. The highest BCUT2D eigenvalue weighted by atomic mass is 32.2. The molecule has 5 heteroatoms. The van der Waals surface area contributed by atoms with E-state index in [0.717, 1.165) is 42.5 Å². The SMILES string of the molecule is CCNC(C)(CO)CCCCSc1ccc(F)c(F)c1. The van der Waals surface area contributed by atoms with Crippen LogP contribution in [0.5, 0.6) is 0 Å². The van der Waals surface area contributed by atoms with E-state index in [-0.39, 0.29) is 12.1 Å². The van der Waals surface area contributed by atoms with Crippen molar-refractivity contribution in [3.63, 3.8) is 0 Å². The molecule has 0 aromatic heterocycles. The van der Waals surface area contributed by atoms with E-state index in [2.05, 4.69) is 5.32 Å². The molecular weight excluding hydrogens is 280 g/mol. The van der Waals surface area contributed by atoms with Gasteiger partial charge in [0.15, 0.2) is 11.6 Å². The van der Waals surface area contributed by atoms with Crippen molar-refractivity contribution in [2.24, 2.45) is 0 Å². The Balaban J connectivity index is 2.26. The molecule has 0 aliphatic rings. The quantitative estimate of drug-likeness (QED) is 0.540. The van der Waals surface area contributed by atoms with E-state index < -0.39 is 11.6 Å². The molecule has 0 aliphatic heterocycles. The summed E-state index contributed by atoms with van der Waals surface area (Å²) in [6.45, 7) is 4.99. The summed E-state index contributed by atoms with van der Waals surface area (Å²) in [4.78, 5) is 0.750. The molecule has 2 N–H and O–H groups in total. The third kappa shape index (κ3) is 5.77. The van der Waals surface area contributed by atoms with Crippen molar-refractivity contribution >= 4 is 11.8 Å². The first-order valence-electron chi connectivity index (χ1n) is 6.94. The molecule has 0 saturated carbocycles. The fourth-order valence-corrected chi connectivity index (χ4v) is 2.96. The van der Waals surface area contributed by atoms with Crippen LogP contribution in [0.15, 0.2) is 23.1 Å². The van der Waals surface area contributed by atoms with Gasteiger partial charge in [-0.2, -0.15) is 0 Å². The summed E-state index contributed by atoms with van der Waals surface area (Å²) in [6.07, 6.45) is 2.86. The summed E-state index contributed by atoms with van der Waals surface area (Å²) in [5.74, 6) is -0.743. The Morgan fingerprint density at radius 2 is 2.00 bits per heavy atom. The Morgan fingerprint density at radius 1 is 1.25 bits per heavy atom. The van der Waals surface area contributed by atoms with Crippen molar-refractivity contribution < 1.29 is 13.9 Å². The Kier molecular flexibility index (Phi) is 7.48. The fourth-order valence-electron chi connectivity index (χ4n) is 2.02. The van der Waals surface area contributed by atoms with Crippen molar-refractivity contribution in [1.82, 2.24) is 5.32 Å². The lowest BCUT2D eigenvalue weighted by molar-refractivity contribution is 0.165. The molecule has 1 aromatic carbocycles. The number of nitrogens with one attached hydrogen (secondary N) is 1. The van der Waals surface area contributed by atoms with Crippen LogP contribution in [0.25, 0.3) is 0 Å². The molecule has 0 spiro atoms. The standard InChI is InChI=1S/C15H23F2NOS/c1-3-18-15(2,11-19)8-4-5-9-20-12-6-7-13(16)14(17)10-12/h6-7,10,18-19H,3-5,8-9,11H2,1-2H3. The highest BCUT2D eigenvalue weighted by Gasteiger charge is 2.20. The Bertz CT molecular complexity index is 417. The Hall–Kier alpha value is -0.650. The van der Waals surface area contributed by atoms with Crippen LogP contribution in [0.4, 0.5) is 8.78 Å². The minimum atomic E-state index is -0.807. The van der Waals surface area contributed by atoms with E-state index in [0.29, 0.717) is 0 Å². The molecule has 0 heterocycles. The maximum Gasteiger partial charge on any atom is 0.159 e. The number of halogens is 2. The minimum absolute atomic E-state index is 0.122. The fraction of sp³-hybridized carbons (Fsp3) is 0.600. The molecule has 1 atom stereocenters. The number of unbranched alkanes of at least 4 members (excludes halogenated alkanes) is 1. The second kappa shape index (κ2) is 8.60. The van der Waals surface area contributed by atoms with Gasteiger partial charge in [0.05, 0.1) is 6.61 Å². The van der Waals surface area contributed by atoms with Gasteiger partial charge in [-0.05, 0) is 50.3 Å². The molecule has 0 amide bonds. The van der Waals surface area contributed by atoms with Gasteiger partial charge in [0.2, 0.25) is 0 Å². The number of thioether (sulfide) groups is 1. The largest absolute Gasteiger partial charge is 0.394 e. The van der Waals surface area contributed by atoms with Gasteiger partial charge in [-0.15, -0.1) is 11.8 Å². The van der Waals surface area contributed by atoms with Gasteiger partial charge in [0.25, 0.3) is 0 Å². The first kappa shape index (κ1) is 17.4. The maximum absolute atomic E-state index is 13.0. The van der Waals surface area contributed by atoms with Crippen molar-refractivity contribution in [2.45, 2.75) is 43.5 Å². The topological polar surface area (TPSA) is 32.3 Å². The van der Waals surface area contributed by atoms with Gasteiger partial charge in [0, 0.05) is 10.4 Å². The second-order valence-corrected chi connectivity index (χ2v) is 6.30. The van der Waals surface area contributed by atoms with Crippen LogP contribution in [0.3, 0.4) is 0 Å². The van der Waals surface area contributed by atoms with E-state index in [1.165, 1.54) is 17.8 Å². The summed E-state index contributed by atoms with van der Waals surface area (Å²) in [5, 5.41) is 12.6. The molecule has 2 nitrogen and oxygen atoms in total. The van der Waals surface area contributed by atoms with Gasteiger partial charge in [-0.3, -0.25) is 0 Å². The van der Waals surface area contributed by atoms with Gasteiger partial charge in [0.1, 0.15) is 0 Å². The molecule has 0 fully saturated rings. The third-order valence-corrected chi connectivity index (χ3v) is 4.32. The number of benzene rings is 1. The van der Waals surface area contributed by atoms with Crippen molar-refractivity contribution in [3.8, 4) is 0 Å². The monoisotopic (exact) mass is 303 g/mol. The Labute approximate surface area is 124 Å². The van der Waals surface area contributed by atoms with Crippen LogP contribution in [0.2, 0.25) is 0 Å². The summed E-state index contributed by atoms with van der Waals surface area (Å²) in [5.41, 5.74) is -0.221. The number of rotatable bonds is 9. The maximum atomic E-state index is 13.0.